The minimum atomic E-state index is -0.649. The van der Waals surface area contributed by atoms with Gasteiger partial charge in [0.25, 0.3) is 0 Å². The molecule has 1 N–H and O–H groups in total. The van der Waals surface area contributed by atoms with Crippen LogP contribution in [0.25, 0.3) is 0 Å². The third-order valence-electron chi connectivity index (χ3n) is 2.56. The van der Waals surface area contributed by atoms with E-state index in [4.69, 9.17) is 4.74 Å². The number of aliphatic hydroxyl groups excluding tert-OH is 1. The fraction of sp³-hybridized carbons (Fsp3) is 0.462. The summed E-state index contributed by atoms with van der Waals surface area (Å²) in [5.41, 5.74) is 1.11. The summed E-state index contributed by atoms with van der Waals surface area (Å²) in [7, 11) is 2.94. The highest BCUT2D eigenvalue weighted by molar-refractivity contribution is 5.69. The van der Waals surface area contributed by atoms with Crippen LogP contribution in [0.3, 0.4) is 0 Å². The summed E-state index contributed by atoms with van der Waals surface area (Å²) in [4.78, 5) is 10.9. The molecule has 1 atom stereocenters. The van der Waals surface area contributed by atoms with Crippen LogP contribution in [0, 0.1) is 0 Å². The summed E-state index contributed by atoms with van der Waals surface area (Å²) in [5, 5.41) is 9.59. The van der Waals surface area contributed by atoms with Gasteiger partial charge in [-0.05, 0) is 30.5 Å². The molecule has 94 valence electrons. The van der Waals surface area contributed by atoms with Gasteiger partial charge in [0.05, 0.1) is 26.7 Å². The van der Waals surface area contributed by atoms with E-state index in [1.165, 1.54) is 7.11 Å². The first-order valence-electron chi connectivity index (χ1n) is 5.53. The molecule has 0 aliphatic carbocycles. The van der Waals surface area contributed by atoms with Gasteiger partial charge >= 0.3 is 5.97 Å². The van der Waals surface area contributed by atoms with Crippen molar-refractivity contribution < 1.29 is 19.4 Å². The molecular weight excluding hydrogens is 220 g/mol. The van der Waals surface area contributed by atoms with Crippen molar-refractivity contribution in [2.45, 2.75) is 25.4 Å². The highest BCUT2D eigenvalue weighted by Gasteiger charge is 2.10. The molecule has 17 heavy (non-hydrogen) atoms. The molecule has 0 fully saturated rings. The van der Waals surface area contributed by atoms with Crippen molar-refractivity contribution >= 4 is 5.97 Å². The van der Waals surface area contributed by atoms with Crippen LogP contribution in [-0.2, 0) is 16.0 Å². The Morgan fingerprint density at radius 1 is 1.29 bits per heavy atom. The van der Waals surface area contributed by atoms with Gasteiger partial charge in [-0.1, -0.05) is 12.1 Å². The average molecular weight is 238 g/mol. The number of benzene rings is 1. The first-order chi connectivity index (χ1) is 8.15. The summed E-state index contributed by atoms with van der Waals surface area (Å²) in [5.74, 6) is 0.427. The van der Waals surface area contributed by atoms with Crippen LogP contribution in [-0.4, -0.2) is 31.4 Å². The molecule has 0 saturated heterocycles. The summed E-state index contributed by atoms with van der Waals surface area (Å²) in [6.45, 7) is 0. The lowest BCUT2D eigenvalue weighted by molar-refractivity contribution is -0.142. The zero-order valence-corrected chi connectivity index (χ0v) is 10.2. The van der Waals surface area contributed by atoms with Gasteiger partial charge in [0.2, 0.25) is 0 Å². The number of rotatable bonds is 6. The highest BCUT2D eigenvalue weighted by Crippen LogP contribution is 2.13. The Balaban J connectivity index is 2.36. The summed E-state index contributed by atoms with van der Waals surface area (Å²) in [6, 6.07) is 7.65. The number of aryl methyl sites for hydroxylation is 1. The molecule has 1 rings (SSSR count). The molecule has 0 saturated carbocycles. The Hall–Kier alpha value is -1.55. The van der Waals surface area contributed by atoms with Gasteiger partial charge in [0, 0.05) is 0 Å². The molecule has 0 aliphatic rings. The minimum Gasteiger partial charge on any atom is -0.497 e. The first-order valence-corrected chi connectivity index (χ1v) is 5.53. The smallest absolute Gasteiger partial charge is 0.308 e. The maximum atomic E-state index is 10.9. The molecule has 0 unspecified atom stereocenters. The molecule has 0 aromatic heterocycles. The zero-order valence-electron chi connectivity index (χ0n) is 10.2. The minimum absolute atomic E-state index is 0.0483. The first kappa shape index (κ1) is 13.5. The summed E-state index contributed by atoms with van der Waals surface area (Å²) in [6.07, 6.45) is 0.667. The van der Waals surface area contributed by atoms with Gasteiger partial charge in [0.15, 0.2) is 0 Å². The van der Waals surface area contributed by atoms with Crippen LogP contribution >= 0.6 is 0 Å². The second kappa shape index (κ2) is 6.91. The van der Waals surface area contributed by atoms with E-state index in [1.807, 2.05) is 24.3 Å². The molecule has 1 aromatic rings. The SMILES string of the molecule is COC(=O)C[C@@H](O)CCc1ccc(OC)cc1. The van der Waals surface area contributed by atoms with E-state index in [9.17, 15) is 9.90 Å². The number of esters is 1. The maximum absolute atomic E-state index is 10.9. The standard InChI is InChI=1S/C13H18O4/c1-16-12-7-4-10(5-8-12)3-6-11(14)9-13(15)17-2/h4-5,7-8,11,14H,3,6,9H2,1-2H3/t11-/m0/s1. The van der Waals surface area contributed by atoms with E-state index >= 15 is 0 Å². The topological polar surface area (TPSA) is 55.8 Å². The molecule has 0 amide bonds. The van der Waals surface area contributed by atoms with E-state index < -0.39 is 6.10 Å². The molecule has 4 nitrogen and oxygen atoms in total. The third-order valence-corrected chi connectivity index (χ3v) is 2.56. The fourth-order valence-electron chi connectivity index (χ4n) is 1.50. The van der Waals surface area contributed by atoms with Crippen LogP contribution in [0.1, 0.15) is 18.4 Å². The second-order valence-electron chi connectivity index (χ2n) is 3.82. The lowest BCUT2D eigenvalue weighted by Gasteiger charge is -2.09. The predicted molar refractivity (Wildman–Crippen MR) is 64.0 cm³/mol. The van der Waals surface area contributed by atoms with Gasteiger partial charge in [-0.2, -0.15) is 0 Å². The molecule has 0 bridgehead atoms. The van der Waals surface area contributed by atoms with Crippen LogP contribution in [0.5, 0.6) is 5.75 Å². The van der Waals surface area contributed by atoms with Gasteiger partial charge in [-0.25, -0.2) is 0 Å². The normalized spacial score (nSPS) is 11.9. The van der Waals surface area contributed by atoms with E-state index in [0.717, 1.165) is 17.7 Å². The Labute approximate surface area is 101 Å². The van der Waals surface area contributed by atoms with E-state index in [2.05, 4.69) is 4.74 Å². The number of ether oxygens (including phenoxy) is 2. The van der Waals surface area contributed by atoms with Crippen molar-refractivity contribution in [3.8, 4) is 5.75 Å². The summed E-state index contributed by atoms with van der Waals surface area (Å²) < 4.78 is 9.54. The van der Waals surface area contributed by atoms with Gasteiger partial charge in [-0.3, -0.25) is 4.79 Å². The number of carbonyl (C=O) groups excluding carboxylic acids is 1. The molecule has 1 aromatic carbocycles. The lowest BCUT2D eigenvalue weighted by atomic mass is 10.1. The maximum Gasteiger partial charge on any atom is 0.308 e. The Kier molecular flexibility index (Phi) is 5.49. The van der Waals surface area contributed by atoms with Crippen LogP contribution in [0.2, 0.25) is 0 Å². The predicted octanol–water partition coefficient (Wildman–Crippen LogP) is 1.55. The second-order valence-corrected chi connectivity index (χ2v) is 3.82. The quantitative estimate of drug-likeness (QED) is 0.764. The van der Waals surface area contributed by atoms with Crippen molar-refractivity contribution in [3.63, 3.8) is 0 Å². The highest BCUT2D eigenvalue weighted by atomic mass is 16.5. The Morgan fingerprint density at radius 3 is 2.47 bits per heavy atom. The average Bonchev–Trinajstić information content (AvgIpc) is 2.36. The van der Waals surface area contributed by atoms with Crippen LogP contribution in [0.4, 0.5) is 0 Å². The van der Waals surface area contributed by atoms with Gasteiger partial charge in [-0.15, -0.1) is 0 Å². The van der Waals surface area contributed by atoms with E-state index in [-0.39, 0.29) is 12.4 Å². The van der Waals surface area contributed by atoms with Crippen molar-refractivity contribution in [1.82, 2.24) is 0 Å². The van der Waals surface area contributed by atoms with Gasteiger partial charge < -0.3 is 14.6 Å². The van der Waals surface area contributed by atoms with E-state index in [1.54, 1.807) is 7.11 Å². The molecule has 0 aliphatic heterocycles. The molecule has 0 radical (unpaired) electrons. The van der Waals surface area contributed by atoms with E-state index in [0.29, 0.717) is 6.42 Å². The van der Waals surface area contributed by atoms with Crippen molar-refractivity contribution in [2.24, 2.45) is 0 Å². The van der Waals surface area contributed by atoms with Crippen molar-refractivity contribution in [1.29, 1.82) is 0 Å². The molecular formula is C13H18O4. The Morgan fingerprint density at radius 2 is 1.94 bits per heavy atom. The number of aliphatic hydroxyl groups is 1. The number of hydrogen-bond acceptors (Lipinski definition) is 4. The number of carbonyl (C=O) groups is 1. The monoisotopic (exact) mass is 238 g/mol. The lowest BCUT2D eigenvalue weighted by Crippen LogP contribution is -2.15. The number of methoxy groups -OCH3 is 2. The third kappa shape index (κ3) is 4.87. The molecule has 4 heteroatoms. The summed E-state index contributed by atoms with van der Waals surface area (Å²) >= 11 is 0. The van der Waals surface area contributed by atoms with Crippen LogP contribution in [0.15, 0.2) is 24.3 Å². The van der Waals surface area contributed by atoms with Crippen molar-refractivity contribution in [3.05, 3.63) is 29.8 Å². The molecule has 0 heterocycles. The fourth-order valence-corrected chi connectivity index (χ4v) is 1.50. The molecule has 0 spiro atoms. The van der Waals surface area contributed by atoms with Crippen LogP contribution < -0.4 is 4.74 Å². The van der Waals surface area contributed by atoms with Gasteiger partial charge in [0.1, 0.15) is 5.75 Å². The largest absolute Gasteiger partial charge is 0.497 e. The number of hydrogen-bond donors (Lipinski definition) is 1. The van der Waals surface area contributed by atoms with Crippen molar-refractivity contribution in [2.75, 3.05) is 14.2 Å². The Bertz CT molecular complexity index is 345. The zero-order chi connectivity index (χ0) is 12.7.